The number of anilines is 1. The molecule has 0 aliphatic rings. The van der Waals surface area contributed by atoms with Crippen molar-refractivity contribution in [3.8, 4) is 17.2 Å². The first kappa shape index (κ1) is 20.2. The van der Waals surface area contributed by atoms with Gasteiger partial charge in [0, 0.05) is 23.4 Å². The van der Waals surface area contributed by atoms with Crippen LogP contribution in [-0.2, 0) is 9.53 Å². The first-order chi connectivity index (χ1) is 13.0. The second-order valence-corrected chi connectivity index (χ2v) is 5.67. The molecule has 0 fully saturated rings. The van der Waals surface area contributed by atoms with Crippen LogP contribution >= 0.6 is 0 Å². The summed E-state index contributed by atoms with van der Waals surface area (Å²) in [6.07, 6.45) is 1.56. The number of rotatable bonds is 9. The summed E-state index contributed by atoms with van der Waals surface area (Å²) in [6, 6.07) is 4.74. The summed E-state index contributed by atoms with van der Waals surface area (Å²) in [7, 11) is 4.61. The minimum absolute atomic E-state index is 0.259. The number of hydrogen-bond acceptors (Lipinski definition) is 7. The Morgan fingerprint density at radius 3 is 2.26 bits per heavy atom. The average molecular weight is 375 g/mol. The lowest BCUT2D eigenvalue weighted by Crippen LogP contribution is -2.20. The van der Waals surface area contributed by atoms with Gasteiger partial charge in [-0.3, -0.25) is 0 Å². The number of carbonyl (C=O) groups excluding carboxylic acids is 1. The monoisotopic (exact) mass is 375 g/mol. The van der Waals surface area contributed by atoms with Crippen molar-refractivity contribution < 1.29 is 28.2 Å². The Bertz CT molecular complexity index is 786. The van der Waals surface area contributed by atoms with E-state index in [2.05, 4.69) is 11.9 Å². The molecule has 0 saturated heterocycles. The van der Waals surface area contributed by atoms with Gasteiger partial charge in [-0.2, -0.15) is 0 Å². The number of nitrogens with one attached hydrogen (secondary N) is 1. The molecule has 1 aromatic heterocycles. The molecule has 0 spiro atoms. The van der Waals surface area contributed by atoms with Crippen LogP contribution in [0.25, 0.3) is 0 Å². The summed E-state index contributed by atoms with van der Waals surface area (Å²) < 4.78 is 26.6. The number of hydrogen-bond donors (Lipinski definition) is 1. The molecule has 27 heavy (non-hydrogen) atoms. The van der Waals surface area contributed by atoms with Crippen molar-refractivity contribution in [2.75, 3.05) is 33.3 Å². The molecular formula is C20H25NO6. The second kappa shape index (κ2) is 9.02. The summed E-state index contributed by atoms with van der Waals surface area (Å²) >= 11 is 0. The number of ether oxygens (including phenoxy) is 4. The van der Waals surface area contributed by atoms with E-state index in [1.807, 2.05) is 6.92 Å². The normalized spacial score (nSPS) is 11.4. The van der Waals surface area contributed by atoms with Crippen molar-refractivity contribution in [3.05, 3.63) is 47.9 Å². The molecule has 0 unspecified atom stereocenters. The third-order valence-electron chi connectivity index (χ3n) is 4.07. The van der Waals surface area contributed by atoms with Gasteiger partial charge in [0.1, 0.15) is 5.76 Å². The van der Waals surface area contributed by atoms with E-state index in [0.717, 1.165) is 5.56 Å². The number of carbonyl (C=O) groups is 1. The average Bonchev–Trinajstić information content (AvgIpc) is 3.10. The lowest BCUT2D eigenvalue weighted by molar-refractivity contribution is -0.138. The molecule has 1 heterocycles. The molecule has 0 aliphatic heterocycles. The van der Waals surface area contributed by atoms with Crippen LogP contribution < -0.4 is 19.5 Å². The number of methoxy groups -OCH3 is 3. The van der Waals surface area contributed by atoms with Gasteiger partial charge in [-0.25, -0.2) is 4.79 Å². The largest absolute Gasteiger partial charge is 0.493 e. The van der Waals surface area contributed by atoms with Gasteiger partial charge in [-0.1, -0.05) is 6.58 Å². The first-order valence-electron chi connectivity index (χ1n) is 8.43. The molecule has 2 rings (SSSR count). The summed E-state index contributed by atoms with van der Waals surface area (Å²) in [5.74, 6) is 1.65. The lowest BCUT2D eigenvalue weighted by Gasteiger charge is -2.22. The third kappa shape index (κ3) is 4.36. The van der Waals surface area contributed by atoms with Crippen LogP contribution in [0.3, 0.4) is 0 Å². The molecule has 1 N–H and O–H groups in total. The van der Waals surface area contributed by atoms with E-state index < -0.39 is 12.0 Å². The van der Waals surface area contributed by atoms with Crippen molar-refractivity contribution >= 4 is 11.7 Å². The summed E-state index contributed by atoms with van der Waals surface area (Å²) in [5, 5.41) is 3.29. The predicted octanol–water partition coefficient (Wildman–Crippen LogP) is 3.89. The van der Waals surface area contributed by atoms with Crippen molar-refractivity contribution in [2.24, 2.45) is 0 Å². The molecule has 7 nitrogen and oxygen atoms in total. The van der Waals surface area contributed by atoms with Crippen LogP contribution in [0.1, 0.15) is 24.3 Å². The van der Waals surface area contributed by atoms with Gasteiger partial charge in [0.25, 0.3) is 0 Å². The molecule has 0 amide bonds. The molecule has 0 bridgehead atoms. The Morgan fingerprint density at radius 1 is 1.19 bits per heavy atom. The maximum Gasteiger partial charge on any atom is 0.335 e. The van der Waals surface area contributed by atoms with Gasteiger partial charge in [-0.15, -0.1) is 0 Å². The highest BCUT2D eigenvalue weighted by atomic mass is 16.5. The molecule has 2 aromatic rings. The van der Waals surface area contributed by atoms with Crippen LogP contribution in [0.2, 0.25) is 0 Å². The maximum absolute atomic E-state index is 12.3. The van der Waals surface area contributed by atoms with Crippen LogP contribution in [-0.4, -0.2) is 33.9 Å². The van der Waals surface area contributed by atoms with E-state index in [0.29, 0.717) is 28.7 Å². The fourth-order valence-corrected chi connectivity index (χ4v) is 2.72. The molecule has 146 valence electrons. The standard InChI is InChI=1S/C20H25NO6/c1-7-26-20(22)12(2)18(15-8-9-27-13(15)3)21-14-10-16(23-4)19(25-6)17(11-14)24-5/h8-11,18,21H,2,7H2,1,3-6H3/t18-/m1/s1. The molecule has 1 atom stereocenters. The molecule has 0 aliphatic carbocycles. The lowest BCUT2D eigenvalue weighted by atomic mass is 10.00. The minimum Gasteiger partial charge on any atom is -0.493 e. The quantitative estimate of drug-likeness (QED) is 0.526. The van der Waals surface area contributed by atoms with Gasteiger partial charge < -0.3 is 28.7 Å². The van der Waals surface area contributed by atoms with Crippen LogP contribution in [0.15, 0.2) is 41.0 Å². The summed E-state index contributed by atoms with van der Waals surface area (Å²) in [5.41, 5.74) is 1.69. The van der Waals surface area contributed by atoms with Gasteiger partial charge in [0.2, 0.25) is 5.75 Å². The van der Waals surface area contributed by atoms with Gasteiger partial charge >= 0.3 is 5.97 Å². The SMILES string of the molecule is C=C(C(=O)OCC)[C@@H](Nc1cc(OC)c(OC)c(OC)c1)c1ccoc1C. The number of benzene rings is 1. The highest BCUT2D eigenvalue weighted by Crippen LogP contribution is 2.41. The molecule has 7 heteroatoms. The van der Waals surface area contributed by atoms with E-state index in [4.69, 9.17) is 23.4 Å². The number of furan rings is 1. The van der Waals surface area contributed by atoms with Gasteiger partial charge in [0.15, 0.2) is 11.5 Å². The topological polar surface area (TPSA) is 79.2 Å². The summed E-state index contributed by atoms with van der Waals surface area (Å²) in [6.45, 7) is 7.75. The number of esters is 1. The van der Waals surface area contributed by atoms with Crippen molar-refractivity contribution in [3.63, 3.8) is 0 Å². The Labute approximate surface area is 158 Å². The zero-order valence-corrected chi connectivity index (χ0v) is 16.3. The maximum atomic E-state index is 12.3. The summed E-state index contributed by atoms with van der Waals surface area (Å²) in [4.78, 5) is 12.3. The molecule has 1 aromatic carbocycles. The predicted molar refractivity (Wildman–Crippen MR) is 102 cm³/mol. The van der Waals surface area contributed by atoms with E-state index in [-0.39, 0.29) is 12.2 Å². The molecular weight excluding hydrogens is 350 g/mol. The Balaban J connectivity index is 2.45. The van der Waals surface area contributed by atoms with Crippen molar-refractivity contribution in [1.82, 2.24) is 0 Å². The molecule has 0 saturated carbocycles. The van der Waals surface area contributed by atoms with E-state index in [1.54, 1.807) is 31.4 Å². The van der Waals surface area contributed by atoms with Crippen molar-refractivity contribution in [2.45, 2.75) is 19.9 Å². The fourth-order valence-electron chi connectivity index (χ4n) is 2.72. The van der Waals surface area contributed by atoms with Crippen LogP contribution in [0.5, 0.6) is 17.2 Å². The third-order valence-corrected chi connectivity index (χ3v) is 4.07. The second-order valence-electron chi connectivity index (χ2n) is 5.67. The number of aryl methyl sites for hydroxylation is 1. The highest BCUT2D eigenvalue weighted by molar-refractivity contribution is 5.90. The van der Waals surface area contributed by atoms with Crippen molar-refractivity contribution in [1.29, 1.82) is 0 Å². The first-order valence-corrected chi connectivity index (χ1v) is 8.43. The Morgan fingerprint density at radius 2 is 1.81 bits per heavy atom. The van der Waals surface area contributed by atoms with E-state index in [1.165, 1.54) is 21.3 Å². The van der Waals surface area contributed by atoms with Gasteiger partial charge in [0.05, 0.1) is 45.8 Å². The fraction of sp³-hybridized carbons (Fsp3) is 0.350. The van der Waals surface area contributed by atoms with Crippen LogP contribution in [0, 0.1) is 6.92 Å². The highest BCUT2D eigenvalue weighted by Gasteiger charge is 2.26. The van der Waals surface area contributed by atoms with Gasteiger partial charge in [-0.05, 0) is 19.9 Å². The zero-order chi connectivity index (χ0) is 20.0. The van der Waals surface area contributed by atoms with E-state index in [9.17, 15) is 4.79 Å². The Kier molecular flexibility index (Phi) is 6.76. The smallest absolute Gasteiger partial charge is 0.335 e. The van der Waals surface area contributed by atoms with Crippen LogP contribution in [0.4, 0.5) is 5.69 Å². The minimum atomic E-state index is -0.550. The Hall–Kier alpha value is -3.09. The van der Waals surface area contributed by atoms with E-state index >= 15 is 0 Å². The zero-order valence-electron chi connectivity index (χ0n) is 16.3. The molecule has 0 radical (unpaired) electrons.